The zero-order valence-electron chi connectivity index (χ0n) is 17.7. The molecule has 0 atom stereocenters. The molecule has 2 aromatic heterocycles. The molecule has 3 heterocycles. The van der Waals surface area contributed by atoms with Gasteiger partial charge in [-0.05, 0) is 24.3 Å². The van der Waals surface area contributed by atoms with E-state index in [0.29, 0.717) is 23.0 Å². The average Bonchev–Trinajstić information content (AvgIpc) is 3.30. The van der Waals surface area contributed by atoms with Gasteiger partial charge in [0.05, 0.1) is 25.2 Å². The molecule has 8 heteroatoms. The molecule has 2 aromatic carbocycles. The molecule has 162 valence electrons. The number of furan rings is 1. The van der Waals surface area contributed by atoms with Crippen LogP contribution < -0.4 is 19.9 Å². The number of aromatic nitrogens is 2. The van der Waals surface area contributed by atoms with Crippen molar-refractivity contribution in [3.05, 3.63) is 72.8 Å². The maximum absolute atomic E-state index is 12.6. The second-order valence-electron chi connectivity index (χ2n) is 7.52. The molecular weight excluding hydrogens is 406 g/mol. The molecule has 0 saturated carbocycles. The smallest absolute Gasteiger partial charge is 0.291 e. The molecule has 1 fully saturated rings. The lowest BCUT2D eigenvalue weighted by Gasteiger charge is -2.36. The zero-order chi connectivity index (χ0) is 21.9. The fourth-order valence-corrected chi connectivity index (χ4v) is 3.85. The number of carbonyl (C=O) groups is 1. The summed E-state index contributed by atoms with van der Waals surface area (Å²) in [6.07, 6.45) is 3.24. The molecule has 1 aliphatic heterocycles. The summed E-state index contributed by atoms with van der Waals surface area (Å²) in [5.74, 6) is 1.08. The largest absolute Gasteiger partial charge is 0.493 e. The number of rotatable bonds is 5. The first-order valence-electron chi connectivity index (χ1n) is 10.5. The van der Waals surface area contributed by atoms with Crippen LogP contribution in [0.2, 0.25) is 0 Å². The van der Waals surface area contributed by atoms with Crippen molar-refractivity contribution in [1.82, 2.24) is 9.97 Å². The number of fused-ring (bicyclic) bond motifs is 1. The van der Waals surface area contributed by atoms with Crippen LogP contribution in [0.25, 0.3) is 11.0 Å². The summed E-state index contributed by atoms with van der Waals surface area (Å²) in [5, 5.41) is 3.59. The Labute approximate surface area is 185 Å². The summed E-state index contributed by atoms with van der Waals surface area (Å²) < 4.78 is 11.0. The molecule has 0 spiro atoms. The number of methoxy groups -OCH3 is 1. The van der Waals surface area contributed by atoms with Crippen molar-refractivity contribution in [1.29, 1.82) is 0 Å². The highest BCUT2D eigenvalue weighted by Crippen LogP contribution is 2.28. The number of ether oxygens (including phenoxy) is 1. The predicted molar refractivity (Wildman–Crippen MR) is 124 cm³/mol. The van der Waals surface area contributed by atoms with Crippen molar-refractivity contribution in [2.75, 3.05) is 48.4 Å². The number of nitrogens with one attached hydrogen (secondary N) is 1. The minimum absolute atomic E-state index is 0.200. The Bertz CT molecular complexity index is 1220. The number of amides is 1. The first kappa shape index (κ1) is 19.9. The van der Waals surface area contributed by atoms with Crippen LogP contribution in [0, 0.1) is 0 Å². The fourth-order valence-electron chi connectivity index (χ4n) is 3.85. The number of hydrogen-bond donors (Lipinski definition) is 1. The van der Waals surface area contributed by atoms with Gasteiger partial charge in [0.15, 0.2) is 17.1 Å². The van der Waals surface area contributed by atoms with Crippen LogP contribution in [-0.4, -0.2) is 49.2 Å². The Morgan fingerprint density at radius 2 is 1.69 bits per heavy atom. The second-order valence-corrected chi connectivity index (χ2v) is 7.52. The standard InChI is InChI=1S/C24H23N5O3/c1-31-20-9-5-6-17-14-21(32-22(17)20)23(30)27-18-15-25-24(26-16-18)29-12-10-28(11-13-29)19-7-3-2-4-8-19/h2-9,14-16H,10-13H2,1H3,(H,27,30). The number of carbonyl (C=O) groups excluding carboxylic acids is 1. The van der Waals surface area contributed by atoms with Crippen molar-refractivity contribution in [2.45, 2.75) is 0 Å². The van der Waals surface area contributed by atoms with Crippen LogP contribution in [0.4, 0.5) is 17.3 Å². The minimum Gasteiger partial charge on any atom is -0.493 e. The Balaban J connectivity index is 1.22. The molecule has 8 nitrogen and oxygen atoms in total. The van der Waals surface area contributed by atoms with Gasteiger partial charge in [0, 0.05) is 37.3 Å². The molecule has 0 bridgehead atoms. The van der Waals surface area contributed by atoms with E-state index in [4.69, 9.17) is 9.15 Å². The third-order valence-electron chi connectivity index (χ3n) is 5.53. The molecule has 4 aromatic rings. The van der Waals surface area contributed by atoms with Gasteiger partial charge in [-0.15, -0.1) is 0 Å². The molecule has 0 unspecified atom stereocenters. The van der Waals surface area contributed by atoms with E-state index in [0.717, 1.165) is 31.6 Å². The summed E-state index contributed by atoms with van der Waals surface area (Å²) in [6.45, 7) is 3.48. The van der Waals surface area contributed by atoms with Gasteiger partial charge >= 0.3 is 0 Å². The third-order valence-corrected chi connectivity index (χ3v) is 5.53. The van der Waals surface area contributed by atoms with Crippen molar-refractivity contribution >= 4 is 34.2 Å². The number of piperazine rings is 1. The van der Waals surface area contributed by atoms with Crippen LogP contribution >= 0.6 is 0 Å². The summed E-state index contributed by atoms with van der Waals surface area (Å²) in [5.41, 5.74) is 2.28. The maximum atomic E-state index is 12.6. The highest BCUT2D eigenvalue weighted by Gasteiger charge is 2.20. The van der Waals surface area contributed by atoms with Gasteiger partial charge in [-0.3, -0.25) is 4.79 Å². The SMILES string of the molecule is COc1cccc2cc(C(=O)Nc3cnc(N4CCN(c5ccccc5)CC4)nc3)oc12. The van der Waals surface area contributed by atoms with Crippen LogP contribution in [0.1, 0.15) is 10.6 Å². The predicted octanol–water partition coefficient (Wildman–Crippen LogP) is 3.81. The van der Waals surface area contributed by atoms with Gasteiger partial charge in [-0.25, -0.2) is 9.97 Å². The van der Waals surface area contributed by atoms with Crippen molar-refractivity contribution in [3.63, 3.8) is 0 Å². The molecule has 0 radical (unpaired) electrons. The Kier molecular flexibility index (Phi) is 5.33. The fraction of sp³-hybridized carbons (Fsp3) is 0.208. The van der Waals surface area contributed by atoms with Gasteiger partial charge in [-0.2, -0.15) is 0 Å². The van der Waals surface area contributed by atoms with Crippen LogP contribution in [0.15, 0.2) is 71.4 Å². The second kappa shape index (κ2) is 8.58. The van der Waals surface area contributed by atoms with Crippen molar-refractivity contribution in [3.8, 4) is 5.75 Å². The van der Waals surface area contributed by atoms with E-state index in [2.05, 4.69) is 49.4 Å². The van der Waals surface area contributed by atoms with Crippen molar-refractivity contribution < 1.29 is 13.9 Å². The summed E-state index contributed by atoms with van der Waals surface area (Å²) >= 11 is 0. The minimum atomic E-state index is -0.365. The van der Waals surface area contributed by atoms with Crippen LogP contribution in [-0.2, 0) is 0 Å². The normalized spacial score (nSPS) is 13.9. The Morgan fingerprint density at radius 1 is 0.969 bits per heavy atom. The lowest BCUT2D eigenvalue weighted by atomic mass is 10.2. The van der Waals surface area contributed by atoms with E-state index < -0.39 is 0 Å². The van der Waals surface area contributed by atoms with Crippen LogP contribution in [0.5, 0.6) is 5.75 Å². The average molecular weight is 429 g/mol. The molecule has 1 N–H and O–H groups in total. The molecule has 5 rings (SSSR count). The Morgan fingerprint density at radius 3 is 2.41 bits per heavy atom. The lowest BCUT2D eigenvalue weighted by Crippen LogP contribution is -2.47. The maximum Gasteiger partial charge on any atom is 0.291 e. The highest BCUT2D eigenvalue weighted by molar-refractivity contribution is 6.05. The third kappa shape index (κ3) is 3.94. The number of hydrogen-bond acceptors (Lipinski definition) is 7. The van der Waals surface area contributed by atoms with E-state index in [1.807, 2.05) is 18.2 Å². The van der Waals surface area contributed by atoms with Gasteiger partial charge in [0.2, 0.25) is 5.95 Å². The van der Waals surface area contributed by atoms with Crippen LogP contribution in [0.3, 0.4) is 0 Å². The van der Waals surface area contributed by atoms with Gasteiger partial charge < -0.3 is 24.3 Å². The quantitative estimate of drug-likeness (QED) is 0.516. The lowest BCUT2D eigenvalue weighted by molar-refractivity contribution is 0.0998. The van der Waals surface area contributed by atoms with E-state index in [1.165, 1.54) is 5.69 Å². The molecule has 1 amide bonds. The zero-order valence-corrected chi connectivity index (χ0v) is 17.7. The van der Waals surface area contributed by atoms with E-state index in [9.17, 15) is 4.79 Å². The molecule has 32 heavy (non-hydrogen) atoms. The topological polar surface area (TPSA) is 83.7 Å². The van der Waals surface area contributed by atoms with E-state index in [1.54, 1.807) is 31.6 Å². The first-order chi connectivity index (χ1) is 15.7. The van der Waals surface area contributed by atoms with E-state index >= 15 is 0 Å². The molecular formula is C24H23N5O3. The summed E-state index contributed by atoms with van der Waals surface area (Å²) in [6, 6.07) is 17.6. The number of para-hydroxylation sites is 2. The van der Waals surface area contributed by atoms with Gasteiger partial charge in [-0.1, -0.05) is 30.3 Å². The highest BCUT2D eigenvalue weighted by atomic mass is 16.5. The summed E-state index contributed by atoms with van der Waals surface area (Å²) in [7, 11) is 1.57. The monoisotopic (exact) mass is 429 g/mol. The van der Waals surface area contributed by atoms with Crippen molar-refractivity contribution in [2.24, 2.45) is 0 Å². The number of nitrogens with zero attached hydrogens (tertiary/aromatic N) is 4. The molecule has 1 saturated heterocycles. The van der Waals surface area contributed by atoms with Gasteiger partial charge in [0.1, 0.15) is 0 Å². The summed E-state index contributed by atoms with van der Waals surface area (Å²) in [4.78, 5) is 26.0. The van der Waals surface area contributed by atoms with E-state index in [-0.39, 0.29) is 11.7 Å². The Hall–Kier alpha value is -4.07. The van der Waals surface area contributed by atoms with Gasteiger partial charge in [0.25, 0.3) is 5.91 Å². The number of anilines is 3. The molecule has 1 aliphatic rings. The first-order valence-corrected chi connectivity index (χ1v) is 10.5. The number of benzene rings is 2. The molecule has 0 aliphatic carbocycles.